The number of amides is 1. The van der Waals surface area contributed by atoms with E-state index in [2.05, 4.69) is 10.3 Å². The van der Waals surface area contributed by atoms with Crippen LogP contribution in [0.5, 0.6) is 0 Å². The third-order valence-corrected chi connectivity index (χ3v) is 5.75. The second-order valence-corrected chi connectivity index (χ2v) is 7.87. The van der Waals surface area contributed by atoms with E-state index in [1.165, 1.54) is 35.2 Å². The zero-order valence-corrected chi connectivity index (χ0v) is 15.4. The van der Waals surface area contributed by atoms with E-state index in [0.717, 1.165) is 16.0 Å². The van der Waals surface area contributed by atoms with Gasteiger partial charge in [-0.05, 0) is 36.8 Å². The van der Waals surface area contributed by atoms with Gasteiger partial charge in [-0.15, -0.1) is 11.3 Å². The Hall–Kier alpha value is -2.16. The first-order valence-corrected chi connectivity index (χ1v) is 9.34. The zero-order valence-electron chi connectivity index (χ0n) is 13.0. The fraction of sp³-hybridized carbons (Fsp3) is 0.125. The number of nitro groups is 1. The highest BCUT2D eigenvalue weighted by Gasteiger charge is 2.12. The van der Waals surface area contributed by atoms with Gasteiger partial charge in [-0.3, -0.25) is 14.9 Å². The van der Waals surface area contributed by atoms with Crippen LogP contribution in [0.4, 0.5) is 11.4 Å². The number of hydrogen-bond donors (Lipinski definition) is 1. The monoisotopic (exact) mass is 393 g/mol. The summed E-state index contributed by atoms with van der Waals surface area (Å²) in [5.41, 5.74) is 2.32. The summed E-state index contributed by atoms with van der Waals surface area (Å²) >= 11 is 8.53. The summed E-state index contributed by atoms with van der Waals surface area (Å²) in [4.78, 5) is 26.9. The number of nitrogens with one attached hydrogen (secondary N) is 1. The fourth-order valence-corrected chi connectivity index (χ4v) is 4.28. The predicted molar refractivity (Wildman–Crippen MR) is 102 cm³/mol. The molecule has 1 amide bonds. The summed E-state index contributed by atoms with van der Waals surface area (Å²) in [7, 11) is 0. The molecule has 0 saturated heterocycles. The molecular formula is C16H12ClN3O3S2. The Balaban J connectivity index is 1.65. The number of halogens is 1. The van der Waals surface area contributed by atoms with Gasteiger partial charge >= 0.3 is 0 Å². The Morgan fingerprint density at radius 1 is 1.36 bits per heavy atom. The highest BCUT2D eigenvalue weighted by atomic mass is 35.5. The smallest absolute Gasteiger partial charge is 0.270 e. The minimum absolute atomic E-state index is 0.0312. The summed E-state index contributed by atoms with van der Waals surface area (Å²) in [6.07, 6.45) is 0. The van der Waals surface area contributed by atoms with Crippen molar-refractivity contribution in [2.24, 2.45) is 0 Å². The van der Waals surface area contributed by atoms with Gasteiger partial charge in [0, 0.05) is 22.8 Å². The molecule has 9 heteroatoms. The van der Waals surface area contributed by atoms with E-state index in [9.17, 15) is 14.9 Å². The minimum atomic E-state index is -0.437. The molecule has 2 aromatic carbocycles. The SMILES string of the molecule is Cc1cc(Cl)ccc1NC(=O)CSc1nc2ccc([N+](=O)[O-])cc2s1. The highest BCUT2D eigenvalue weighted by molar-refractivity contribution is 8.01. The molecule has 3 rings (SSSR count). The second-order valence-electron chi connectivity index (χ2n) is 5.19. The first kappa shape index (κ1) is 17.7. The number of rotatable bonds is 5. The van der Waals surface area contributed by atoms with Gasteiger partial charge in [-0.1, -0.05) is 23.4 Å². The van der Waals surface area contributed by atoms with Crippen LogP contribution in [-0.2, 0) is 4.79 Å². The molecule has 0 radical (unpaired) electrons. The van der Waals surface area contributed by atoms with E-state index in [1.54, 1.807) is 24.3 Å². The Morgan fingerprint density at radius 3 is 2.88 bits per heavy atom. The second kappa shape index (κ2) is 7.38. The molecule has 0 bridgehead atoms. The van der Waals surface area contributed by atoms with Gasteiger partial charge in [0.15, 0.2) is 4.34 Å². The van der Waals surface area contributed by atoms with Gasteiger partial charge in [-0.25, -0.2) is 4.98 Å². The summed E-state index contributed by atoms with van der Waals surface area (Å²) in [5.74, 6) is 0.0462. The number of fused-ring (bicyclic) bond motifs is 1. The lowest BCUT2D eigenvalue weighted by Crippen LogP contribution is -2.14. The first-order valence-electron chi connectivity index (χ1n) is 7.16. The Morgan fingerprint density at radius 2 is 2.16 bits per heavy atom. The summed E-state index contributed by atoms with van der Waals surface area (Å²) < 4.78 is 1.42. The van der Waals surface area contributed by atoms with Crippen LogP contribution in [0.15, 0.2) is 40.7 Å². The Bertz CT molecular complexity index is 974. The minimum Gasteiger partial charge on any atom is -0.325 e. The number of nitro benzene ring substituents is 1. The van der Waals surface area contributed by atoms with Crippen molar-refractivity contribution in [2.75, 3.05) is 11.1 Å². The van der Waals surface area contributed by atoms with Crippen molar-refractivity contribution in [1.29, 1.82) is 0 Å². The summed E-state index contributed by atoms with van der Waals surface area (Å²) in [6, 6.07) is 9.80. The number of hydrogen-bond acceptors (Lipinski definition) is 6. The normalized spacial score (nSPS) is 10.8. The van der Waals surface area contributed by atoms with Gasteiger partial charge in [0.25, 0.3) is 5.69 Å². The average molecular weight is 394 g/mol. The molecule has 0 atom stereocenters. The number of aryl methyl sites for hydroxylation is 1. The van der Waals surface area contributed by atoms with Crippen molar-refractivity contribution >= 4 is 62.2 Å². The molecule has 0 unspecified atom stereocenters. The number of aromatic nitrogens is 1. The molecule has 3 aromatic rings. The van der Waals surface area contributed by atoms with Gasteiger partial charge in [0.05, 0.1) is 20.9 Å². The molecule has 1 aromatic heterocycles. The highest BCUT2D eigenvalue weighted by Crippen LogP contribution is 2.32. The van der Waals surface area contributed by atoms with E-state index in [0.29, 0.717) is 14.9 Å². The van der Waals surface area contributed by atoms with Crippen LogP contribution in [0.1, 0.15) is 5.56 Å². The molecule has 0 saturated carbocycles. The third-order valence-electron chi connectivity index (χ3n) is 3.35. The number of thioether (sulfide) groups is 1. The standard InChI is InChI=1S/C16H12ClN3O3S2/c1-9-6-10(17)2-4-12(9)18-15(21)8-24-16-19-13-5-3-11(20(22)23)7-14(13)25-16/h2-7H,8H2,1H3,(H,18,21). The lowest BCUT2D eigenvalue weighted by Gasteiger charge is -2.07. The third kappa shape index (κ3) is 4.28. The number of carbonyl (C=O) groups excluding carboxylic acids is 1. The van der Waals surface area contributed by atoms with Crippen molar-refractivity contribution in [2.45, 2.75) is 11.3 Å². The van der Waals surface area contributed by atoms with Crippen LogP contribution in [0.3, 0.4) is 0 Å². The molecular weight excluding hydrogens is 382 g/mol. The van der Waals surface area contributed by atoms with Crippen molar-refractivity contribution in [3.63, 3.8) is 0 Å². The first-order chi connectivity index (χ1) is 11.9. The Labute approximate surface area is 156 Å². The van der Waals surface area contributed by atoms with E-state index >= 15 is 0 Å². The van der Waals surface area contributed by atoms with Crippen LogP contribution >= 0.6 is 34.7 Å². The van der Waals surface area contributed by atoms with Crippen molar-refractivity contribution in [1.82, 2.24) is 4.98 Å². The van der Waals surface area contributed by atoms with Gasteiger partial charge in [-0.2, -0.15) is 0 Å². The molecule has 0 aliphatic rings. The maximum Gasteiger partial charge on any atom is 0.270 e. The molecule has 0 aliphatic carbocycles. The lowest BCUT2D eigenvalue weighted by atomic mass is 10.2. The van der Waals surface area contributed by atoms with Crippen LogP contribution in [-0.4, -0.2) is 21.6 Å². The number of benzene rings is 2. The molecule has 0 fully saturated rings. The van der Waals surface area contributed by atoms with E-state index in [-0.39, 0.29) is 17.3 Å². The predicted octanol–water partition coefficient (Wildman–Crippen LogP) is 4.90. The van der Waals surface area contributed by atoms with Crippen molar-refractivity contribution < 1.29 is 9.72 Å². The van der Waals surface area contributed by atoms with Crippen molar-refractivity contribution in [3.8, 4) is 0 Å². The molecule has 6 nitrogen and oxygen atoms in total. The molecule has 0 aliphatic heterocycles. The quantitative estimate of drug-likeness (QED) is 0.378. The van der Waals surface area contributed by atoms with Gasteiger partial charge in [0.1, 0.15) is 0 Å². The van der Waals surface area contributed by atoms with E-state index in [1.807, 2.05) is 6.92 Å². The maximum absolute atomic E-state index is 12.1. The fourth-order valence-electron chi connectivity index (χ4n) is 2.15. The lowest BCUT2D eigenvalue weighted by molar-refractivity contribution is -0.384. The molecule has 1 heterocycles. The van der Waals surface area contributed by atoms with Crippen LogP contribution < -0.4 is 5.32 Å². The van der Waals surface area contributed by atoms with Crippen LogP contribution in [0.2, 0.25) is 5.02 Å². The van der Waals surface area contributed by atoms with Crippen molar-refractivity contribution in [3.05, 3.63) is 57.1 Å². The topological polar surface area (TPSA) is 85.1 Å². The average Bonchev–Trinajstić information content (AvgIpc) is 2.97. The number of non-ortho nitro benzene ring substituents is 1. The van der Waals surface area contributed by atoms with E-state index in [4.69, 9.17) is 11.6 Å². The summed E-state index contributed by atoms with van der Waals surface area (Å²) in [5, 5.41) is 14.3. The van der Waals surface area contributed by atoms with Gasteiger partial charge in [0.2, 0.25) is 5.91 Å². The number of thiazole rings is 1. The number of nitrogens with zero attached hydrogens (tertiary/aromatic N) is 2. The largest absolute Gasteiger partial charge is 0.325 e. The number of anilines is 1. The molecule has 128 valence electrons. The van der Waals surface area contributed by atoms with E-state index < -0.39 is 4.92 Å². The van der Waals surface area contributed by atoms with Crippen LogP contribution in [0, 0.1) is 17.0 Å². The maximum atomic E-state index is 12.1. The molecule has 0 spiro atoms. The molecule has 1 N–H and O–H groups in total. The molecule has 25 heavy (non-hydrogen) atoms. The zero-order chi connectivity index (χ0) is 18.0. The van der Waals surface area contributed by atoms with Crippen LogP contribution in [0.25, 0.3) is 10.2 Å². The number of carbonyl (C=O) groups is 1. The summed E-state index contributed by atoms with van der Waals surface area (Å²) in [6.45, 7) is 1.87. The Kier molecular flexibility index (Phi) is 5.22. The van der Waals surface area contributed by atoms with Gasteiger partial charge < -0.3 is 5.32 Å².